The predicted molar refractivity (Wildman–Crippen MR) is 196 cm³/mol. The van der Waals surface area contributed by atoms with Crippen LogP contribution in [-0.4, -0.2) is 39.5 Å². The molecule has 0 atom stereocenters. The van der Waals surface area contributed by atoms with Crippen molar-refractivity contribution in [1.29, 1.82) is 0 Å². The normalized spacial score (nSPS) is 12.3. The second-order valence-electron chi connectivity index (χ2n) is 11.6. The molecule has 0 heterocycles. The Labute approximate surface area is 332 Å². The van der Waals surface area contributed by atoms with Crippen molar-refractivity contribution in [3.63, 3.8) is 0 Å². The Bertz CT molecular complexity index is 2800. The minimum atomic E-state index is -4.96. The monoisotopic (exact) mass is 795 g/mol. The molecule has 6 rings (SSSR count). The van der Waals surface area contributed by atoms with E-state index in [1.54, 1.807) is 54.6 Å². The largest absolute Gasteiger partial charge is 1.00 e. The molecule has 18 heteroatoms. The van der Waals surface area contributed by atoms with E-state index < -0.39 is 51.6 Å². The molecular weight excluding hydrogens is 768 g/mol. The van der Waals surface area contributed by atoms with Crippen LogP contribution in [0.15, 0.2) is 150 Å². The average molecular weight is 796 g/mol. The zero-order chi connectivity index (χ0) is 38.1. The summed E-state index contributed by atoms with van der Waals surface area (Å²) in [5.74, 6) is -0.549. The molecule has 0 unspecified atom stereocenters. The van der Waals surface area contributed by atoms with Crippen LogP contribution in [0, 0.1) is 13.8 Å². The van der Waals surface area contributed by atoms with Crippen LogP contribution in [0.4, 0.5) is 22.7 Å². The summed E-state index contributed by atoms with van der Waals surface area (Å²) in [6, 6.07) is 28.6. The van der Waals surface area contributed by atoms with Gasteiger partial charge in [0.15, 0.2) is 5.75 Å². The zero-order valence-corrected chi connectivity index (χ0v) is 33.1. The number of phenolic OH excluding ortho intramolecular Hbond substituents is 1. The first-order valence-electron chi connectivity index (χ1n) is 15.4. The Kier molecular flexibility index (Phi) is 11.8. The van der Waals surface area contributed by atoms with Gasteiger partial charge in [-0.2, -0.15) is 40.6 Å². The van der Waals surface area contributed by atoms with Crippen LogP contribution < -0.4 is 33.7 Å². The van der Waals surface area contributed by atoms with E-state index in [1.807, 2.05) is 26.0 Å². The minimum Gasteiger partial charge on any atom is -0.505 e. The van der Waals surface area contributed by atoms with Gasteiger partial charge in [0.1, 0.15) is 21.2 Å². The maximum Gasteiger partial charge on any atom is 1.00 e. The standard InChI is InChI=1S/C36H28N4O10S3.Na/c1-22-18-26(38-37-25-8-12-28(13-9-25)50-53(48,49)29-6-4-3-5-7-29)10-15-31(22)32-16-11-27(19-23(32)2)39-40-35-34(52(45,46)47)21-24-20-30(51(42,43)44)14-17-33(24)36(35)41;/h3-21,41H,1-2H3,(H,42,43,44)(H,45,46,47);/q;+1. The van der Waals surface area contributed by atoms with Gasteiger partial charge in [0.2, 0.25) is 0 Å². The van der Waals surface area contributed by atoms with E-state index in [-0.39, 0.29) is 51.0 Å². The van der Waals surface area contributed by atoms with E-state index in [0.29, 0.717) is 17.1 Å². The fourth-order valence-electron chi connectivity index (χ4n) is 5.36. The van der Waals surface area contributed by atoms with E-state index in [9.17, 15) is 39.5 Å². The van der Waals surface area contributed by atoms with Gasteiger partial charge < -0.3 is 9.29 Å². The van der Waals surface area contributed by atoms with Crippen LogP contribution in [0.25, 0.3) is 21.9 Å². The third kappa shape index (κ3) is 9.08. The fourth-order valence-corrected chi connectivity index (χ4v) is 7.49. The molecule has 0 fully saturated rings. The quantitative estimate of drug-likeness (QED) is 0.0642. The molecule has 0 bridgehead atoms. The SMILES string of the molecule is Cc1cc(N=Nc2ccc(OS(=O)(=O)c3ccccc3)cc2)ccc1-c1ccc(N=Nc2c(S(=O)(=O)O)cc3cc(S(=O)(=O)O)ccc3c2O)cc1C.[Na+]. The smallest absolute Gasteiger partial charge is 0.505 e. The Morgan fingerprint density at radius 1 is 0.556 bits per heavy atom. The molecule has 0 aliphatic rings. The van der Waals surface area contributed by atoms with Crippen molar-refractivity contribution in [3.8, 4) is 22.6 Å². The van der Waals surface area contributed by atoms with Crippen LogP contribution >= 0.6 is 0 Å². The summed E-state index contributed by atoms with van der Waals surface area (Å²) in [7, 11) is -13.6. The van der Waals surface area contributed by atoms with Gasteiger partial charge in [-0.3, -0.25) is 9.11 Å². The van der Waals surface area contributed by atoms with E-state index in [0.717, 1.165) is 46.5 Å². The number of azo groups is 2. The first-order chi connectivity index (χ1) is 25.0. The topological polar surface area (TPSA) is 222 Å². The Morgan fingerprint density at radius 2 is 1.09 bits per heavy atom. The summed E-state index contributed by atoms with van der Waals surface area (Å²) >= 11 is 0. The fraction of sp³-hybridized carbons (Fsp3) is 0.0556. The molecular formula is C36H28N4NaO10S3+. The maximum atomic E-state index is 12.5. The number of aryl methyl sites for hydroxylation is 2. The van der Waals surface area contributed by atoms with Crippen molar-refractivity contribution in [1.82, 2.24) is 0 Å². The molecule has 0 saturated heterocycles. The number of nitrogens with zero attached hydrogens (tertiary/aromatic N) is 4. The summed E-state index contributed by atoms with van der Waals surface area (Å²) in [5.41, 5.74) is 4.18. The Hall–Kier alpha value is -4.85. The Morgan fingerprint density at radius 3 is 1.63 bits per heavy atom. The van der Waals surface area contributed by atoms with Crippen molar-refractivity contribution in [2.24, 2.45) is 20.5 Å². The van der Waals surface area contributed by atoms with Crippen LogP contribution in [0.5, 0.6) is 11.5 Å². The average Bonchev–Trinajstić information content (AvgIpc) is 3.10. The van der Waals surface area contributed by atoms with Gasteiger partial charge >= 0.3 is 39.7 Å². The molecule has 0 aromatic heterocycles. The van der Waals surface area contributed by atoms with Gasteiger partial charge in [-0.1, -0.05) is 30.3 Å². The van der Waals surface area contributed by atoms with Gasteiger partial charge in [-0.25, -0.2) is 0 Å². The number of phenols is 1. The number of fused-ring (bicyclic) bond motifs is 1. The van der Waals surface area contributed by atoms with Crippen molar-refractivity contribution in [2.45, 2.75) is 28.5 Å². The van der Waals surface area contributed by atoms with Crippen LogP contribution in [0.3, 0.4) is 0 Å². The molecule has 0 amide bonds. The maximum absolute atomic E-state index is 12.5. The first kappa shape index (κ1) is 40.3. The number of benzene rings is 6. The number of rotatable bonds is 10. The molecule has 0 radical (unpaired) electrons. The summed E-state index contributed by atoms with van der Waals surface area (Å²) in [6.07, 6.45) is 0. The molecule has 270 valence electrons. The van der Waals surface area contributed by atoms with Gasteiger partial charge in [-0.05, 0) is 126 Å². The molecule has 6 aromatic carbocycles. The summed E-state index contributed by atoms with van der Waals surface area (Å²) in [4.78, 5) is -1.32. The van der Waals surface area contributed by atoms with Gasteiger partial charge in [0.25, 0.3) is 20.2 Å². The van der Waals surface area contributed by atoms with Gasteiger partial charge in [0.05, 0.1) is 22.0 Å². The molecule has 0 aliphatic carbocycles. The van der Waals surface area contributed by atoms with Gasteiger partial charge in [-0.15, -0.1) is 5.11 Å². The molecule has 54 heavy (non-hydrogen) atoms. The van der Waals surface area contributed by atoms with Crippen molar-refractivity contribution in [2.75, 3.05) is 0 Å². The minimum absolute atomic E-state index is 0. The summed E-state index contributed by atoms with van der Waals surface area (Å²) in [6.45, 7) is 3.74. The van der Waals surface area contributed by atoms with Crippen molar-refractivity contribution < 1.29 is 73.2 Å². The zero-order valence-electron chi connectivity index (χ0n) is 28.7. The number of hydrogen-bond acceptors (Lipinski definition) is 12. The summed E-state index contributed by atoms with van der Waals surface area (Å²) in [5, 5.41) is 27.3. The second kappa shape index (κ2) is 15.9. The van der Waals surface area contributed by atoms with Crippen LogP contribution in [0.2, 0.25) is 0 Å². The number of aromatic hydroxyl groups is 1. The van der Waals surface area contributed by atoms with Crippen LogP contribution in [0.1, 0.15) is 11.1 Å². The molecule has 0 saturated carbocycles. The third-order valence-electron chi connectivity index (χ3n) is 7.93. The first-order valence-corrected chi connectivity index (χ1v) is 19.7. The molecule has 0 spiro atoms. The predicted octanol–water partition coefficient (Wildman–Crippen LogP) is 5.93. The van der Waals surface area contributed by atoms with Gasteiger partial charge in [0, 0.05) is 5.39 Å². The number of hydrogen-bond donors (Lipinski definition) is 3. The van der Waals surface area contributed by atoms with E-state index >= 15 is 0 Å². The van der Waals surface area contributed by atoms with Crippen molar-refractivity contribution in [3.05, 3.63) is 126 Å². The van der Waals surface area contributed by atoms with E-state index in [1.165, 1.54) is 24.3 Å². The van der Waals surface area contributed by atoms with Crippen LogP contribution in [-0.2, 0) is 30.4 Å². The molecule has 14 nitrogen and oxygen atoms in total. The second-order valence-corrected chi connectivity index (χ2v) is 16.0. The summed E-state index contributed by atoms with van der Waals surface area (Å²) < 4.78 is 96.9. The molecule has 3 N–H and O–H groups in total. The Balaban J connectivity index is 0.00000561. The van der Waals surface area contributed by atoms with E-state index in [2.05, 4.69) is 20.5 Å². The molecule has 6 aromatic rings. The molecule has 0 aliphatic heterocycles. The van der Waals surface area contributed by atoms with Crippen molar-refractivity contribution >= 4 is 63.9 Å². The third-order valence-corrected chi connectivity index (χ3v) is 10.9. The van der Waals surface area contributed by atoms with E-state index in [4.69, 9.17) is 4.18 Å².